The van der Waals surface area contributed by atoms with E-state index in [-0.39, 0.29) is 24.2 Å². The highest BCUT2D eigenvalue weighted by Gasteiger charge is 2.35. The van der Waals surface area contributed by atoms with Crippen molar-refractivity contribution in [3.8, 4) is 11.5 Å². The van der Waals surface area contributed by atoms with Gasteiger partial charge in [-0.1, -0.05) is 6.07 Å². The Bertz CT molecular complexity index is 545. The summed E-state index contributed by atoms with van der Waals surface area (Å²) in [5, 5.41) is 9.69. The van der Waals surface area contributed by atoms with E-state index < -0.39 is 15.9 Å². The Morgan fingerprint density at radius 2 is 2.11 bits per heavy atom. The van der Waals surface area contributed by atoms with Gasteiger partial charge in [-0.05, 0) is 17.7 Å². The van der Waals surface area contributed by atoms with Gasteiger partial charge in [-0.25, -0.2) is 8.42 Å². The summed E-state index contributed by atoms with van der Waals surface area (Å²) in [7, 11) is -1.44. The lowest BCUT2D eigenvalue weighted by Gasteiger charge is -2.27. The molecule has 1 fully saturated rings. The van der Waals surface area contributed by atoms with Crippen LogP contribution in [0.2, 0.25) is 0 Å². The maximum atomic E-state index is 11.1. The second kappa shape index (κ2) is 5.36. The van der Waals surface area contributed by atoms with Gasteiger partial charge >= 0.3 is 0 Å². The number of rotatable bonds is 5. The quantitative estimate of drug-likeness (QED) is 0.782. The molecule has 0 amide bonds. The van der Waals surface area contributed by atoms with Crippen molar-refractivity contribution in [1.82, 2.24) is 0 Å². The van der Waals surface area contributed by atoms with Gasteiger partial charge < -0.3 is 20.3 Å². The van der Waals surface area contributed by atoms with Crippen molar-refractivity contribution >= 4 is 9.84 Å². The lowest BCUT2D eigenvalue weighted by atomic mass is 10.1. The Labute approximate surface area is 112 Å². The first-order chi connectivity index (χ1) is 8.95. The van der Waals surface area contributed by atoms with Crippen LogP contribution in [-0.2, 0) is 9.84 Å². The van der Waals surface area contributed by atoms with E-state index in [1.807, 2.05) is 0 Å². The molecule has 0 aliphatic carbocycles. The van der Waals surface area contributed by atoms with Gasteiger partial charge in [0.05, 0.1) is 24.7 Å². The molecule has 6 nitrogen and oxygen atoms in total. The molecule has 3 N–H and O–H groups in total. The Hall–Kier alpha value is -1.31. The Kier molecular flexibility index (Phi) is 3.98. The zero-order chi connectivity index (χ0) is 14.0. The van der Waals surface area contributed by atoms with Gasteiger partial charge in [0.1, 0.15) is 6.10 Å². The molecule has 1 saturated heterocycles. The topological polar surface area (TPSA) is 98.8 Å². The highest BCUT2D eigenvalue weighted by molar-refractivity contribution is 7.92. The summed E-state index contributed by atoms with van der Waals surface area (Å²) in [5.41, 5.74) is 6.01. The van der Waals surface area contributed by atoms with Gasteiger partial charge in [-0.3, -0.25) is 0 Å². The molecule has 19 heavy (non-hydrogen) atoms. The van der Waals surface area contributed by atoms with Crippen LogP contribution in [0.3, 0.4) is 0 Å². The average molecular weight is 287 g/mol. The van der Waals surface area contributed by atoms with Crippen molar-refractivity contribution in [1.29, 1.82) is 0 Å². The predicted octanol–water partition coefficient (Wildman–Crippen LogP) is -0.137. The average Bonchev–Trinajstić information content (AvgIpc) is 2.35. The number of sulfone groups is 1. The third-order valence-electron chi connectivity index (χ3n) is 2.97. The van der Waals surface area contributed by atoms with E-state index in [2.05, 4.69) is 0 Å². The largest absolute Gasteiger partial charge is 0.493 e. The molecule has 0 radical (unpaired) electrons. The Morgan fingerprint density at radius 3 is 2.63 bits per heavy atom. The zero-order valence-electron chi connectivity index (χ0n) is 10.6. The van der Waals surface area contributed by atoms with E-state index in [0.717, 1.165) is 0 Å². The van der Waals surface area contributed by atoms with Crippen LogP contribution in [0, 0.1) is 0 Å². The molecule has 1 heterocycles. The SMILES string of the molecule is COc1ccc(C(O)CN)cc1OC1CS(=O)(=O)C1. The second-order valence-corrected chi connectivity index (χ2v) is 6.63. The fraction of sp³-hybridized carbons (Fsp3) is 0.500. The molecule has 1 unspecified atom stereocenters. The van der Waals surface area contributed by atoms with Crippen LogP contribution in [0.1, 0.15) is 11.7 Å². The molecular formula is C12H17NO5S. The molecule has 2 rings (SSSR count). The molecule has 0 spiro atoms. The van der Waals surface area contributed by atoms with E-state index in [1.54, 1.807) is 18.2 Å². The van der Waals surface area contributed by atoms with Crippen LogP contribution in [0.15, 0.2) is 18.2 Å². The molecule has 1 atom stereocenters. The van der Waals surface area contributed by atoms with Crippen molar-refractivity contribution in [3.63, 3.8) is 0 Å². The fourth-order valence-corrected chi connectivity index (χ4v) is 3.07. The molecule has 1 aromatic rings. The van der Waals surface area contributed by atoms with Crippen molar-refractivity contribution < 1.29 is 23.0 Å². The standard InChI is InChI=1S/C12H17NO5S/c1-17-11-3-2-8(10(14)5-13)4-12(11)18-9-6-19(15,16)7-9/h2-4,9-10,14H,5-7,13H2,1H3. The molecular weight excluding hydrogens is 270 g/mol. The lowest BCUT2D eigenvalue weighted by molar-refractivity contribution is 0.184. The van der Waals surface area contributed by atoms with Gasteiger partial charge in [0.15, 0.2) is 21.3 Å². The lowest BCUT2D eigenvalue weighted by Crippen LogP contribution is -2.45. The first-order valence-corrected chi connectivity index (χ1v) is 7.70. The summed E-state index contributed by atoms with van der Waals surface area (Å²) in [6.45, 7) is 0.101. The number of methoxy groups -OCH3 is 1. The highest BCUT2D eigenvalue weighted by atomic mass is 32.2. The summed E-state index contributed by atoms with van der Waals surface area (Å²) >= 11 is 0. The number of nitrogens with two attached hydrogens (primary N) is 1. The summed E-state index contributed by atoms with van der Waals surface area (Å²) in [4.78, 5) is 0. The van der Waals surface area contributed by atoms with Crippen LogP contribution >= 0.6 is 0 Å². The fourth-order valence-electron chi connectivity index (χ4n) is 1.89. The smallest absolute Gasteiger partial charge is 0.162 e. The van der Waals surface area contributed by atoms with Crippen LogP contribution in [0.4, 0.5) is 0 Å². The second-order valence-electron chi connectivity index (χ2n) is 4.48. The first kappa shape index (κ1) is 14.1. The van der Waals surface area contributed by atoms with Gasteiger partial charge in [-0.2, -0.15) is 0 Å². The van der Waals surface area contributed by atoms with Crippen molar-refractivity contribution in [2.24, 2.45) is 5.73 Å². The number of aliphatic hydroxyl groups is 1. The number of aliphatic hydroxyl groups excluding tert-OH is 1. The number of benzene rings is 1. The number of hydrogen-bond donors (Lipinski definition) is 2. The van der Waals surface area contributed by atoms with E-state index in [1.165, 1.54) is 7.11 Å². The van der Waals surface area contributed by atoms with Crippen LogP contribution in [0.5, 0.6) is 11.5 Å². The maximum absolute atomic E-state index is 11.1. The molecule has 1 aromatic carbocycles. The van der Waals surface area contributed by atoms with E-state index >= 15 is 0 Å². The minimum atomic E-state index is -2.94. The molecule has 0 saturated carbocycles. The predicted molar refractivity (Wildman–Crippen MR) is 70.1 cm³/mol. The van der Waals surface area contributed by atoms with Gasteiger partial charge in [-0.15, -0.1) is 0 Å². The van der Waals surface area contributed by atoms with Gasteiger partial charge in [0.25, 0.3) is 0 Å². The Balaban J connectivity index is 2.17. The summed E-state index contributed by atoms with van der Waals surface area (Å²) in [6.07, 6.45) is -1.14. The minimum Gasteiger partial charge on any atom is -0.493 e. The molecule has 7 heteroatoms. The summed E-state index contributed by atoms with van der Waals surface area (Å²) in [6, 6.07) is 4.98. The first-order valence-electron chi connectivity index (χ1n) is 5.88. The molecule has 1 aliphatic rings. The third-order valence-corrected chi connectivity index (χ3v) is 4.73. The van der Waals surface area contributed by atoms with Crippen molar-refractivity contribution in [3.05, 3.63) is 23.8 Å². The minimum absolute atomic E-state index is 0.0137. The molecule has 0 bridgehead atoms. The van der Waals surface area contributed by atoms with Crippen molar-refractivity contribution in [2.75, 3.05) is 25.2 Å². The normalized spacial score (nSPS) is 19.5. The molecule has 106 valence electrons. The van der Waals surface area contributed by atoms with Crippen LogP contribution < -0.4 is 15.2 Å². The monoisotopic (exact) mass is 287 g/mol. The van der Waals surface area contributed by atoms with Gasteiger partial charge in [0.2, 0.25) is 0 Å². The third kappa shape index (κ3) is 3.17. The van der Waals surface area contributed by atoms with E-state index in [0.29, 0.717) is 17.1 Å². The zero-order valence-corrected chi connectivity index (χ0v) is 11.4. The van der Waals surface area contributed by atoms with Crippen LogP contribution in [0.25, 0.3) is 0 Å². The van der Waals surface area contributed by atoms with E-state index in [9.17, 15) is 13.5 Å². The number of hydrogen-bond acceptors (Lipinski definition) is 6. The molecule has 0 aromatic heterocycles. The molecule has 1 aliphatic heterocycles. The van der Waals surface area contributed by atoms with Gasteiger partial charge in [0, 0.05) is 6.54 Å². The van der Waals surface area contributed by atoms with Crippen LogP contribution in [-0.4, -0.2) is 44.8 Å². The van der Waals surface area contributed by atoms with Crippen molar-refractivity contribution in [2.45, 2.75) is 12.2 Å². The van der Waals surface area contributed by atoms with E-state index in [4.69, 9.17) is 15.2 Å². The summed E-state index contributed by atoms with van der Waals surface area (Å²) in [5.74, 6) is 0.948. The Morgan fingerprint density at radius 1 is 1.42 bits per heavy atom. The maximum Gasteiger partial charge on any atom is 0.162 e. The highest BCUT2D eigenvalue weighted by Crippen LogP contribution is 2.32. The number of ether oxygens (including phenoxy) is 2. The summed E-state index contributed by atoms with van der Waals surface area (Å²) < 4.78 is 32.9.